The van der Waals surface area contributed by atoms with E-state index in [9.17, 15) is 0 Å². The van der Waals surface area contributed by atoms with Gasteiger partial charge in [-0.25, -0.2) is 0 Å². The average Bonchev–Trinajstić information content (AvgIpc) is 3.79. The number of furan rings is 1. The van der Waals surface area contributed by atoms with Crippen molar-refractivity contribution in [3.63, 3.8) is 0 Å². The van der Waals surface area contributed by atoms with Crippen molar-refractivity contribution in [2.24, 2.45) is 0 Å². The zero-order valence-electron chi connectivity index (χ0n) is 30.3. The first kappa shape index (κ1) is 31.0. The first-order valence-electron chi connectivity index (χ1n) is 19.2. The molecule has 1 spiro atoms. The van der Waals surface area contributed by atoms with E-state index in [-0.39, 0.29) is 0 Å². The van der Waals surface area contributed by atoms with Crippen molar-refractivity contribution in [1.29, 1.82) is 0 Å². The van der Waals surface area contributed by atoms with Crippen LogP contribution in [-0.4, -0.2) is 0 Å². The molecule has 10 aromatic rings. The van der Waals surface area contributed by atoms with Crippen molar-refractivity contribution in [2.75, 3.05) is 4.90 Å². The summed E-state index contributed by atoms with van der Waals surface area (Å²) < 4.78 is 13.1. The fraction of sp³-hybridized carbons (Fsp3) is 0.0189. The summed E-state index contributed by atoms with van der Waals surface area (Å²) in [5.74, 6) is 1.78. The molecule has 1 aliphatic heterocycles. The number of benzene rings is 9. The van der Waals surface area contributed by atoms with Crippen molar-refractivity contribution in [3.8, 4) is 33.8 Å². The third kappa shape index (κ3) is 4.28. The maximum atomic E-state index is 6.67. The van der Waals surface area contributed by atoms with Gasteiger partial charge in [0.1, 0.15) is 22.7 Å². The number of ether oxygens (including phenoxy) is 1. The molecule has 0 radical (unpaired) electrons. The minimum absolute atomic E-state index is 0.590. The SMILES string of the molecule is c1ccc(N(c2ccc(-c3cccc4c3oc3ccccc34)cc2)c2ccc3c(c2)C2(c4ccccc4Oc4ccccc42)c2ccc4ccccc4c2-3)cc1. The molecule has 3 heteroatoms. The van der Waals surface area contributed by atoms with E-state index in [4.69, 9.17) is 9.15 Å². The van der Waals surface area contributed by atoms with Crippen molar-refractivity contribution in [3.05, 3.63) is 222 Å². The second-order valence-electron chi connectivity index (χ2n) is 14.8. The van der Waals surface area contributed by atoms with Crippen LogP contribution in [0.1, 0.15) is 22.3 Å². The van der Waals surface area contributed by atoms with Gasteiger partial charge in [0.05, 0.1) is 5.41 Å². The fourth-order valence-electron chi connectivity index (χ4n) is 9.58. The molecule has 3 nitrogen and oxygen atoms in total. The van der Waals surface area contributed by atoms with Gasteiger partial charge in [0.2, 0.25) is 0 Å². The number of anilines is 3. The Morgan fingerprint density at radius 2 is 1.04 bits per heavy atom. The molecule has 56 heavy (non-hydrogen) atoms. The Labute approximate surface area is 324 Å². The van der Waals surface area contributed by atoms with Crippen LogP contribution in [0.3, 0.4) is 0 Å². The molecular formula is C53H33NO2. The Bertz CT molecular complexity index is 3130. The fourth-order valence-corrected chi connectivity index (χ4v) is 9.58. The summed E-state index contributed by atoms with van der Waals surface area (Å²) in [7, 11) is 0. The number of fused-ring (bicyclic) bond motifs is 14. The Hall–Kier alpha value is -7.36. The van der Waals surface area contributed by atoms with E-state index in [1.54, 1.807) is 0 Å². The van der Waals surface area contributed by atoms with Crippen molar-refractivity contribution < 1.29 is 9.15 Å². The predicted molar refractivity (Wildman–Crippen MR) is 229 cm³/mol. The van der Waals surface area contributed by atoms with Crippen LogP contribution in [0.4, 0.5) is 17.1 Å². The van der Waals surface area contributed by atoms with Crippen molar-refractivity contribution in [1.82, 2.24) is 0 Å². The minimum atomic E-state index is -0.590. The Kier molecular flexibility index (Phi) is 6.55. The first-order valence-corrected chi connectivity index (χ1v) is 19.2. The summed E-state index contributed by atoms with van der Waals surface area (Å²) in [4.78, 5) is 2.37. The van der Waals surface area contributed by atoms with Gasteiger partial charge in [-0.15, -0.1) is 0 Å². The van der Waals surface area contributed by atoms with Crippen LogP contribution in [0.25, 0.3) is 55.0 Å². The van der Waals surface area contributed by atoms with E-state index in [0.717, 1.165) is 72.8 Å². The zero-order chi connectivity index (χ0) is 36.8. The number of hydrogen-bond donors (Lipinski definition) is 0. The van der Waals surface area contributed by atoms with Gasteiger partial charge in [-0.2, -0.15) is 0 Å². The van der Waals surface area contributed by atoms with E-state index in [1.165, 1.54) is 33.0 Å². The smallest absolute Gasteiger partial charge is 0.143 e. The molecule has 1 aromatic heterocycles. The van der Waals surface area contributed by atoms with Crippen molar-refractivity contribution >= 4 is 49.8 Å². The molecule has 0 saturated carbocycles. The molecule has 1 aliphatic carbocycles. The number of nitrogens with zero attached hydrogens (tertiary/aromatic N) is 1. The van der Waals surface area contributed by atoms with Crippen LogP contribution in [0.15, 0.2) is 205 Å². The van der Waals surface area contributed by atoms with E-state index in [1.807, 2.05) is 12.1 Å². The first-order chi connectivity index (χ1) is 27.8. The molecule has 0 amide bonds. The largest absolute Gasteiger partial charge is 0.457 e. The Morgan fingerprint density at radius 3 is 1.84 bits per heavy atom. The van der Waals surface area contributed by atoms with Gasteiger partial charge < -0.3 is 14.1 Å². The topological polar surface area (TPSA) is 25.6 Å². The van der Waals surface area contributed by atoms with Gasteiger partial charge in [-0.1, -0.05) is 146 Å². The van der Waals surface area contributed by atoms with E-state index in [2.05, 4.69) is 193 Å². The maximum absolute atomic E-state index is 6.67. The number of para-hydroxylation sites is 5. The molecule has 12 rings (SSSR count). The Morgan fingerprint density at radius 1 is 0.393 bits per heavy atom. The lowest BCUT2D eigenvalue weighted by Gasteiger charge is -2.39. The zero-order valence-corrected chi connectivity index (χ0v) is 30.3. The summed E-state index contributed by atoms with van der Waals surface area (Å²) in [6.07, 6.45) is 0. The molecule has 0 unspecified atom stereocenters. The molecule has 0 fully saturated rings. The molecule has 2 aliphatic rings. The molecule has 9 aromatic carbocycles. The standard InChI is InChI=1S/C53H33NO2/c1-2-14-36(15-3-1)54(37-28-25-35(26-29-37)40-18-12-19-42-41-17-6-9-22-48(41)56-52(40)42)38-30-31-43-47(33-38)53(46-32-27-34-13-4-5-16-39(34)51(43)46)44-20-7-10-23-49(44)55-50-24-11-8-21-45(50)53/h1-33H. The molecule has 0 atom stereocenters. The lowest BCUT2D eigenvalue weighted by molar-refractivity contribution is 0.436. The van der Waals surface area contributed by atoms with Gasteiger partial charge in [-0.05, 0) is 93.2 Å². The van der Waals surface area contributed by atoms with Gasteiger partial charge in [0.25, 0.3) is 0 Å². The third-order valence-electron chi connectivity index (χ3n) is 11.9. The van der Waals surface area contributed by atoms with Gasteiger partial charge in [0.15, 0.2) is 0 Å². The summed E-state index contributed by atoms with van der Waals surface area (Å²) in [6.45, 7) is 0. The van der Waals surface area contributed by atoms with Crippen LogP contribution in [-0.2, 0) is 5.41 Å². The highest BCUT2D eigenvalue weighted by atomic mass is 16.5. The van der Waals surface area contributed by atoms with Crippen LogP contribution in [0.5, 0.6) is 11.5 Å². The number of hydrogen-bond acceptors (Lipinski definition) is 3. The minimum Gasteiger partial charge on any atom is -0.457 e. The van der Waals surface area contributed by atoms with E-state index < -0.39 is 5.41 Å². The van der Waals surface area contributed by atoms with E-state index >= 15 is 0 Å². The van der Waals surface area contributed by atoms with Crippen LogP contribution >= 0.6 is 0 Å². The van der Waals surface area contributed by atoms with E-state index in [0.29, 0.717) is 0 Å². The van der Waals surface area contributed by atoms with Crippen LogP contribution in [0, 0.1) is 0 Å². The summed E-state index contributed by atoms with van der Waals surface area (Å²) in [5.41, 5.74) is 14.0. The molecule has 2 heterocycles. The van der Waals surface area contributed by atoms with Gasteiger partial charge in [-0.3, -0.25) is 0 Å². The molecular weight excluding hydrogens is 683 g/mol. The predicted octanol–water partition coefficient (Wildman–Crippen LogP) is 14.3. The Balaban J connectivity index is 1.08. The van der Waals surface area contributed by atoms with Crippen LogP contribution in [0.2, 0.25) is 0 Å². The maximum Gasteiger partial charge on any atom is 0.143 e. The average molecular weight is 716 g/mol. The summed E-state index contributed by atoms with van der Waals surface area (Å²) in [5, 5.41) is 4.75. The highest BCUT2D eigenvalue weighted by molar-refractivity contribution is 6.10. The van der Waals surface area contributed by atoms with Crippen LogP contribution < -0.4 is 9.64 Å². The quantitative estimate of drug-likeness (QED) is 0.181. The number of rotatable bonds is 4. The van der Waals surface area contributed by atoms with Gasteiger partial charge in [0, 0.05) is 44.5 Å². The molecule has 0 N–H and O–H groups in total. The molecule has 0 saturated heterocycles. The van der Waals surface area contributed by atoms with Crippen molar-refractivity contribution in [2.45, 2.75) is 5.41 Å². The summed E-state index contributed by atoms with van der Waals surface area (Å²) in [6, 6.07) is 71.9. The third-order valence-corrected chi connectivity index (χ3v) is 11.9. The molecule has 262 valence electrons. The highest BCUT2D eigenvalue weighted by Gasteiger charge is 2.51. The lowest BCUT2D eigenvalue weighted by Crippen LogP contribution is -2.32. The molecule has 0 bridgehead atoms. The second kappa shape index (κ2) is 11.8. The second-order valence-corrected chi connectivity index (χ2v) is 14.8. The summed E-state index contributed by atoms with van der Waals surface area (Å²) >= 11 is 0. The van der Waals surface area contributed by atoms with Gasteiger partial charge >= 0.3 is 0 Å². The monoisotopic (exact) mass is 715 g/mol. The normalized spacial score (nSPS) is 13.3. The highest BCUT2D eigenvalue weighted by Crippen LogP contribution is 2.63. The lowest BCUT2D eigenvalue weighted by atomic mass is 9.66.